The number of β-amino-alcohol motifs (C(OH)–C–C–N with tert-alkyl or cyclic N) is 1. The molecule has 5 nitrogen and oxygen atoms in total. The number of aliphatic hydroxyl groups excluding tert-OH is 1. The zero-order valence-corrected chi connectivity index (χ0v) is 13.6. The first kappa shape index (κ1) is 15.0. The van der Waals surface area contributed by atoms with Crippen LogP contribution in [0.2, 0.25) is 0 Å². The molecule has 116 valence electrons. The van der Waals surface area contributed by atoms with Gasteiger partial charge in [-0.15, -0.1) is 11.3 Å². The van der Waals surface area contributed by atoms with Gasteiger partial charge in [-0.25, -0.2) is 4.98 Å². The van der Waals surface area contributed by atoms with Crippen molar-refractivity contribution in [3.63, 3.8) is 0 Å². The molecule has 3 rings (SSSR count). The topological polar surface area (TPSA) is 44.0 Å². The van der Waals surface area contributed by atoms with Gasteiger partial charge in [-0.05, 0) is 13.3 Å². The number of aromatic nitrogens is 2. The third-order valence-electron chi connectivity index (χ3n) is 4.19. The Morgan fingerprint density at radius 3 is 3.05 bits per heavy atom. The molecular weight excluding hydrogens is 284 g/mol. The van der Waals surface area contributed by atoms with Crippen molar-refractivity contribution < 1.29 is 5.11 Å². The summed E-state index contributed by atoms with van der Waals surface area (Å²) in [4.78, 5) is 10.7. The van der Waals surface area contributed by atoms with Gasteiger partial charge in [-0.2, -0.15) is 0 Å². The molecule has 6 heteroatoms. The summed E-state index contributed by atoms with van der Waals surface area (Å²) in [6.07, 6.45) is 5.08. The summed E-state index contributed by atoms with van der Waals surface area (Å²) in [5.74, 6) is 0. The molecule has 2 atom stereocenters. The van der Waals surface area contributed by atoms with Crippen LogP contribution in [0.15, 0.2) is 17.8 Å². The average Bonchev–Trinajstić information content (AvgIpc) is 3.00. The molecule has 0 aliphatic carbocycles. The monoisotopic (exact) mass is 308 g/mol. The Morgan fingerprint density at radius 1 is 1.48 bits per heavy atom. The second kappa shape index (κ2) is 6.44. The minimum atomic E-state index is -0.245. The molecule has 0 spiro atoms. The van der Waals surface area contributed by atoms with Crippen molar-refractivity contribution in [1.82, 2.24) is 19.2 Å². The number of rotatable bonds is 5. The second-order valence-corrected chi connectivity index (χ2v) is 6.84. The minimum absolute atomic E-state index is 0.245. The van der Waals surface area contributed by atoms with Gasteiger partial charge in [0, 0.05) is 56.5 Å². The number of hydrogen-bond acceptors (Lipinski definition) is 5. The van der Waals surface area contributed by atoms with Crippen LogP contribution in [-0.2, 0) is 6.54 Å². The number of piperazine rings is 1. The lowest BCUT2D eigenvalue weighted by atomic mass is 10.1. The fraction of sp³-hybridized carbons (Fsp3) is 0.667. The van der Waals surface area contributed by atoms with Gasteiger partial charge in [0.1, 0.15) is 0 Å². The number of hydrogen-bond donors (Lipinski definition) is 1. The minimum Gasteiger partial charge on any atom is -0.392 e. The lowest BCUT2D eigenvalue weighted by Crippen LogP contribution is -2.54. The van der Waals surface area contributed by atoms with E-state index in [0.29, 0.717) is 6.04 Å². The van der Waals surface area contributed by atoms with Crippen molar-refractivity contribution in [3.05, 3.63) is 23.5 Å². The van der Waals surface area contributed by atoms with E-state index < -0.39 is 0 Å². The molecule has 21 heavy (non-hydrogen) atoms. The molecule has 2 aromatic heterocycles. The molecule has 1 saturated heterocycles. The summed E-state index contributed by atoms with van der Waals surface area (Å²) < 4.78 is 2.10. The first-order valence-corrected chi connectivity index (χ1v) is 8.59. The standard InChI is InChI=1S/C15H24N4OS/c1-3-14-11-17(4-5-18(14)8-12(2)20)9-13-10-19-6-7-21-15(19)16-13/h6-7,10,12,14,20H,3-5,8-9,11H2,1-2H3. The molecule has 1 N–H and O–H groups in total. The Hall–Kier alpha value is -0.950. The third kappa shape index (κ3) is 3.45. The largest absolute Gasteiger partial charge is 0.392 e. The van der Waals surface area contributed by atoms with Gasteiger partial charge in [0.2, 0.25) is 0 Å². The molecule has 1 aliphatic rings. The molecular formula is C15H24N4OS. The summed E-state index contributed by atoms with van der Waals surface area (Å²) in [6, 6.07) is 0.539. The van der Waals surface area contributed by atoms with Crippen molar-refractivity contribution in [3.8, 4) is 0 Å². The van der Waals surface area contributed by atoms with Crippen LogP contribution in [0.5, 0.6) is 0 Å². The van der Waals surface area contributed by atoms with Crippen LogP contribution in [0, 0.1) is 0 Å². The zero-order chi connectivity index (χ0) is 14.8. The van der Waals surface area contributed by atoms with Crippen LogP contribution >= 0.6 is 11.3 Å². The van der Waals surface area contributed by atoms with Crippen molar-refractivity contribution in [2.24, 2.45) is 0 Å². The maximum atomic E-state index is 9.61. The Morgan fingerprint density at radius 2 is 2.33 bits per heavy atom. The summed E-state index contributed by atoms with van der Waals surface area (Å²) in [7, 11) is 0. The smallest absolute Gasteiger partial charge is 0.193 e. The van der Waals surface area contributed by atoms with Gasteiger partial charge >= 0.3 is 0 Å². The van der Waals surface area contributed by atoms with E-state index in [1.807, 2.05) is 6.92 Å². The van der Waals surface area contributed by atoms with Crippen LogP contribution in [0.25, 0.3) is 4.96 Å². The number of thiazole rings is 1. The Labute approximate surface area is 129 Å². The summed E-state index contributed by atoms with van der Waals surface area (Å²) in [6.45, 7) is 8.96. The van der Waals surface area contributed by atoms with Gasteiger partial charge in [-0.1, -0.05) is 6.92 Å². The van der Waals surface area contributed by atoms with E-state index in [1.54, 1.807) is 11.3 Å². The molecule has 2 unspecified atom stereocenters. The normalized spacial score (nSPS) is 22.9. The van der Waals surface area contributed by atoms with E-state index in [4.69, 9.17) is 0 Å². The van der Waals surface area contributed by atoms with Crippen molar-refractivity contribution in [1.29, 1.82) is 0 Å². The molecule has 2 aromatic rings. The predicted octanol–water partition coefficient (Wildman–Crippen LogP) is 1.67. The first-order chi connectivity index (χ1) is 10.2. The van der Waals surface area contributed by atoms with Crippen LogP contribution in [-0.4, -0.2) is 62.6 Å². The maximum Gasteiger partial charge on any atom is 0.193 e. The van der Waals surface area contributed by atoms with Crippen molar-refractivity contribution >= 4 is 16.3 Å². The van der Waals surface area contributed by atoms with Crippen LogP contribution in [0.3, 0.4) is 0 Å². The van der Waals surface area contributed by atoms with E-state index >= 15 is 0 Å². The van der Waals surface area contributed by atoms with Gasteiger partial charge in [0.15, 0.2) is 4.96 Å². The van der Waals surface area contributed by atoms with E-state index in [2.05, 4.69) is 43.9 Å². The summed E-state index contributed by atoms with van der Waals surface area (Å²) in [5.41, 5.74) is 1.15. The van der Waals surface area contributed by atoms with Gasteiger partial charge in [0.25, 0.3) is 0 Å². The number of aliphatic hydroxyl groups is 1. The van der Waals surface area contributed by atoms with Gasteiger partial charge in [0.05, 0.1) is 11.8 Å². The molecule has 1 aliphatic heterocycles. The van der Waals surface area contributed by atoms with Crippen LogP contribution in [0.1, 0.15) is 26.0 Å². The van der Waals surface area contributed by atoms with Crippen LogP contribution in [0.4, 0.5) is 0 Å². The Bertz CT molecular complexity index is 550. The first-order valence-electron chi connectivity index (χ1n) is 7.71. The predicted molar refractivity (Wildman–Crippen MR) is 85.7 cm³/mol. The highest BCUT2D eigenvalue weighted by atomic mass is 32.1. The van der Waals surface area contributed by atoms with E-state index in [9.17, 15) is 5.11 Å². The quantitative estimate of drug-likeness (QED) is 0.912. The fourth-order valence-electron chi connectivity index (χ4n) is 3.15. The Kier molecular flexibility index (Phi) is 4.59. The summed E-state index contributed by atoms with van der Waals surface area (Å²) >= 11 is 1.68. The highest BCUT2D eigenvalue weighted by molar-refractivity contribution is 7.15. The third-order valence-corrected chi connectivity index (χ3v) is 4.96. The highest BCUT2D eigenvalue weighted by Crippen LogP contribution is 2.17. The van der Waals surface area contributed by atoms with Crippen molar-refractivity contribution in [2.45, 2.75) is 39.0 Å². The van der Waals surface area contributed by atoms with Gasteiger partial charge in [-0.3, -0.25) is 14.2 Å². The zero-order valence-electron chi connectivity index (χ0n) is 12.8. The summed E-state index contributed by atoms with van der Waals surface area (Å²) in [5, 5.41) is 11.7. The highest BCUT2D eigenvalue weighted by Gasteiger charge is 2.26. The Balaban J connectivity index is 1.61. The van der Waals surface area contributed by atoms with E-state index in [1.165, 1.54) is 0 Å². The molecule has 0 bridgehead atoms. The lowest BCUT2D eigenvalue weighted by molar-refractivity contribution is 0.0334. The second-order valence-electron chi connectivity index (χ2n) is 5.97. The molecule has 0 saturated carbocycles. The van der Waals surface area contributed by atoms with E-state index in [-0.39, 0.29) is 6.10 Å². The molecule has 1 fully saturated rings. The molecule has 0 amide bonds. The maximum absolute atomic E-state index is 9.61. The number of imidazole rings is 1. The fourth-order valence-corrected chi connectivity index (χ4v) is 3.87. The van der Waals surface area contributed by atoms with Crippen LogP contribution < -0.4 is 0 Å². The number of nitrogens with zero attached hydrogens (tertiary/aromatic N) is 4. The lowest BCUT2D eigenvalue weighted by Gasteiger charge is -2.41. The average molecular weight is 308 g/mol. The molecule has 0 radical (unpaired) electrons. The van der Waals surface area contributed by atoms with E-state index in [0.717, 1.165) is 49.8 Å². The van der Waals surface area contributed by atoms with Crippen molar-refractivity contribution in [2.75, 3.05) is 26.2 Å². The van der Waals surface area contributed by atoms with Gasteiger partial charge < -0.3 is 5.11 Å². The SMILES string of the molecule is CCC1CN(Cc2cn3ccsc3n2)CCN1CC(C)O. The molecule has 3 heterocycles. The number of fused-ring (bicyclic) bond motifs is 1. The molecule has 0 aromatic carbocycles.